The summed E-state index contributed by atoms with van der Waals surface area (Å²) in [6.07, 6.45) is 9.53. The van der Waals surface area contributed by atoms with Crippen LogP contribution in [0.5, 0.6) is 0 Å². The number of hydrogen-bond donors (Lipinski definition) is 0. The molecule has 1 heteroatoms. The van der Waals surface area contributed by atoms with Crippen LogP contribution in [0, 0.1) is 6.08 Å². The minimum Gasteiger partial charge on any atom is -0.472 e. The summed E-state index contributed by atoms with van der Waals surface area (Å²) < 4.78 is 4.81. The number of furan rings is 1. The van der Waals surface area contributed by atoms with Crippen molar-refractivity contribution in [3.05, 3.63) is 42.9 Å². The summed E-state index contributed by atoms with van der Waals surface area (Å²) in [7, 11) is 0. The third kappa shape index (κ3) is 1.61. The molecule has 0 amide bonds. The fourth-order valence-corrected chi connectivity index (χ4v) is 0.525. The first-order valence-electron chi connectivity index (χ1n) is 2.65. The maximum atomic E-state index is 4.81. The molecule has 0 aromatic carbocycles. The SMILES string of the molecule is C=[C]C=Cc1ccoc1. The Morgan fingerprint density at radius 1 is 1.67 bits per heavy atom. The molecule has 0 saturated heterocycles. The van der Waals surface area contributed by atoms with Gasteiger partial charge in [-0.3, -0.25) is 0 Å². The minimum absolute atomic E-state index is 1.03. The van der Waals surface area contributed by atoms with E-state index in [1.54, 1.807) is 18.6 Å². The van der Waals surface area contributed by atoms with Crippen LogP contribution in [0.4, 0.5) is 0 Å². The lowest BCUT2D eigenvalue weighted by molar-refractivity contribution is 0.567. The Morgan fingerprint density at radius 3 is 3.11 bits per heavy atom. The Bertz CT molecular complexity index is 194. The molecular weight excluding hydrogens is 112 g/mol. The van der Waals surface area contributed by atoms with E-state index in [1.165, 1.54) is 0 Å². The van der Waals surface area contributed by atoms with Crippen molar-refractivity contribution in [3.8, 4) is 0 Å². The van der Waals surface area contributed by atoms with E-state index in [0.29, 0.717) is 0 Å². The van der Waals surface area contributed by atoms with E-state index in [1.807, 2.05) is 12.1 Å². The van der Waals surface area contributed by atoms with Crippen LogP contribution in [0.2, 0.25) is 0 Å². The molecule has 1 rings (SSSR count). The van der Waals surface area contributed by atoms with Gasteiger partial charge in [-0.05, 0) is 12.1 Å². The molecule has 0 unspecified atom stereocenters. The van der Waals surface area contributed by atoms with Crippen molar-refractivity contribution in [2.24, 2.45) is 0 Å². The average molecular weight is 119 g/mol. The highest BCUT2D eigenvalue weighted by molar-refractivity contribution is 5.47. The maximum absolute atomic E-state index is 4.81. The topological polar surface area (TPSA) is 13.1 Å². The third-order valence-corrected chi connectivity index (χ3v) is 0.937. The second-order valence-electron chi connectivity index (χ2n) is 1.59. The van der Waals surface area contributed by atoms with Gasteiger partial charge in [0, 0.05) is 5.56 Å². The van der Waals surface area contributed by atoms with Crippen LogP contribution in [-0.2, 0) is 0 Å². The number of rotatable bonds is 2. The molecule has 1 aromatic heterocycles. The molecule has 0 bridgehead atoms. The predicted octanol–water partition coefficient (Wildman–Crippen LogP) is 2.28. The molecule has 9 heavy (non-hydrogen) atoms. The van der Waals surface area contributed by atoms with Crippen molar-refractivity contribution in [3.63, 3.8) is 0 Å². The van der Waals surface area contributed by atoms with Gasteiger partial charge in [-0.1, -0.05) is 18.7 Å². The largest absolute Gasteiger partial charge is 0.472 e. The van der Waals surface area contributed by atoms with Gasteiger partial charge in [-0.25, -0.2) is 0 Å². The van der Waals surface area contributed by atoms with E-state index in [9.17, 15) is 0 Å². The number of allylic oxidation sites excluding steroid dienone is 2. The number of hydrogen-bond acceptors (Lipinski definition) is 1. The Kier molecular flexibility index (Phi) is 1.91. The summed E-state index contributed by atoms with van der Waals surface area (Å²) in [5.74, 6) is 0. The molecule has 1 aromatic rings. The van der Waals surface area contributed by atoms with Crippen LogP contribution in [0.15, 0.2) is 35.7 Å². The highest BCUT2D eigenvalue weighted by Gasteiger charge is 1.82. The van der Waals surface area contributed by atoms with E-state index in [2.05, 4.69) is 12.7 Å². The quantitative estimate of drug-likeness (QED) is 0.544. The normalized spacial score (nSPS) is 10.2. The average Bonchev–Trinajstić information content (AvgIpc) is 2.34. The first-order valence-corrected chi connectivity index (χ1v) is 2.65. The smallest absolute Gasteiger partial charge is 0.0974 e. The molecule has 0 atom stereocenters. The summed E-state index contributed by atoms with van der Waals surface area (Å²) >= 11 is 0. The molecule has 0 spiro atoms. The van der Waals surface area contributed by atoms with Crippen LogP contribution in [0.1, 0.15) is 5.56 Å². The van der Waals surface area contributed by atoms with Crippen LogP contribution in [-0.4, -0.2) is 0 Å². The highest BCUT2D eigenvalue weighted by Crippen LogP contribution is 2.01. The molecule has 0 aliphatic carbocycles. The molecule has 45 valence electrons. The van der Waals surface area contributed by atoms with Crippen molar-refractivity contribution in [1.29, 1.82) is 0 Å². The predicted molar refractivity (Wildman–Crippen MR) is 36.6 cm³/mol. The van der Waals surface area contributed by atoms with Crippen molar-refractivity contribution < 1.29 is 4.42 Å². The summed E-state index contributed by atoms with van der Waals surface area (Å²) in [6.45, 7) is 3.42. The van der Waals surface area contributed by atoms with E-state index in [-0.39, 0.29) is 0 Å². The lowest BCUT2D eigenvalue weighted by Crippen LogP contribution is -1.55. The van der Waals surface area contributed by atoms with Gasteiger partial charge in [-0.2, -0.15) is 0 Å². The van der Waals surface area contributed by atoms with Crippen molar-refractivity contribution in [2.45, 2.75) is 0 Å². The zero-order valence-corrected chi connectivity index (χ0v) is 5.00. The Hall–Kier alpha value is -1.24. The lowest BCUT2D eigenvalue weighted by Gasteiger charge is -1.74. The van der Waals surface area contributed by atoms with Gasteiger partial charge >= 0.3 is 0 Å². The van der Waals surface area contributed by atoms with E-state index in [4.69, 9.17) is 4.42 Å². The lowest BCUT2D eigenvalue weighted by atomic mass is 10.3. The second-order valence-corrected chi connectivity index (χ2v) is 1.59. The summed E-state index contributed by atoms with van der Waals surface area (Å²) in [5.41, 5.74) is 1.03. The van der Waals surface area contributed by atoms with E-state index < -0.39 is 0 Å². The monoisotopic (exact) mass is 119 g/mol. The van der Waals surface area contributed by atoms with Gasteiger partial charge in [-0.15, -0.1) is 0 Å². The van der Waals surface area contributed by atoms with Crippen molar-refractivity contribution in [2.75, 3.05) is 0 Å². The van der Waals surface area contributed by atoms with Crippen molar-refractivity contribution >= 4 is 6.08 Å². The summed E-state index contributed by atoms with van der Waals surface area (Å²) in [6, 6.07) is 1.87. The van der Waals surface area contributed by atoms with Crippen LogP contribution >= 0.6 is 0 Å². The molecule has 0 N–H and O–H groups in total. The fraction of sp³-hybridized carbons (Fsp3) is 0. The van der Waals surface area contributed by atoms with E-state index >= 15 is 0 Å². The zero-order chi connectivity index (χ0) is 6.53. The molecule has 0 aliphatic heterocycles. The van der Waals surface area contributed by atoms with Gasteiger partial charge in [0.15, 0.2) is 0 Å². The molecule has 0 fully saturated rings. The zero-order valence-electron chi connectivity index (χ0n) is 5.00. The van der Waals surface area contributed by atoms with E-state index in [0.717, 1.165) is 5.56 Å². The third-order valence-electron chi connectivity index (χ3n) is 0.937. The first-order chi connectivity index (χ1) is 4.43. The fourth-order valence-electron chi connectivity index (χ4n) is 0.525. The first kappa shape index (κ1) is 5.89. The highest BCUT2D eigenvalue weighted by atomic mass is 16.3. The molecule has 1 radical (unpaired) electrons. The van der Waals surface area contributed by atoms with Crippen LogP contribution < -0.4 is 0 Å². The van der Waals surface area contributed by atoms with Gasteiger partial charge in [0.25, 0.3) is 0 Å². The second kappa shape index (κ2) is 2.92. The molecule has 0 saturated carbocycles. The minimum atomic E-state index is 1.03. The van der Waals surface area contributed by atoms with Crippen LogP contribution in [0.25, 0.3) is 6.08 Å². The molecule has 1 nitrogen and oxygen atoms in total. The van der Waals surface area contributed by atoms with Crippen molar-refractivity contribution in [1.82, 2.24) is 0 Å². The molecular formula is C8H7O. The molecule has 1 heterocycles. The Morgan fingerprint density at radius 2 is 2.56 bits per heavy atom. The van der Waals surface area contributed by atoms with Crippen LogP contribution in [0.3, 0.4) is 0 Å². The Balaban J connectivity index is 2.67. The standard InChI is InChI=1S/C8H7O/c1-2-3-4-8-5-6-9-7-8/h3-7H,1H2. The molecule has 0 aliphatic rings. The maximum Gasteiger partial charge on any atom is 0.0974 e. The van der Waals surface area contributed by atoms with Gasteiger partial charge in [0.05, 0.1) is 12.5 Å². The Labute approximate surface area is 54.3 Å². The van der Waals surface area contributed by atoms with Gasteiger partial charge in [0.2, 0.25) is 0 Å². The van der Waals surface area contributed by atoms with Gasteiger partial charge in [0.1, 0.15) is 0 Å². The summed E-state index contributed by atoms with van der Waals surface area (Å²) in [5, 5.41) is 0. The van der Waals surface area contributed by atoms with Gasteiger partial charge < -0.3 is 4.42 Å². The summed E-state index contributed by atoms with van der Waals surface area (Å²) in [4.78, 5) is 0.